The Morgan fingerprint density at radius 2 is 1.26 bits per heavy atom. The van der Waals surface area contributed by atoms with Gasteiger partial charge in [-0.15, -0.1) is 0 Å². The number of hydrogen-bond acceptors (Lipinski definition) is 2. The highest BCUT2D eigenvalue weighted by molar-refractivity contribution is 5.65. The predicted molar refractivity (Wildman–Crippen MR) is 79.5 cm³/mol. The first-order valence-corrected chi connectivity index (χ1v) is 5.92. The van der Waals surface area contributed by atoms with E-state index in [9.17, 15) is 4.79 Å². The van der Waals surface area contributed by atoms with E-state index in [1.165, 1.54) is 6.08 Å². The predicted octanol–water partition coefficient (Wildman–Crippen LogP) is 4.27. The van der Waals surface area contributed by atoms with Gasteiger partial charge in [0.15, 0.2) is 0 Å². The second kappa shape index (κ2) is 10.5. The normalized spacial score (nSPS) is 13.3. The summed E-state index contributed by atoms with van der Waals surface area (Å²) < 4.78 is 5.15. The van der Waals surface area contributed by atoms with Crippen LogP contribution in [0, 0.1) is 0 Å². The monoisotopic (exact) mass is 252 g/mol. The van der Waals surface area contributed by atoms with Crippen LogP contribution in [0.1, 0.15) is 5.76 Å². The lowest BCUT2D eigenvalue weighted by molar-refractivity contribution is -0.104. The van der Waals surface area contributed by atoms with E-state index < -0.39 is 0 Å². The minimum atomic E-state index is 0.745. The maximum Gasteiger partial charge on any atom is 0.142 e. The Bertz CT molecular complexity index is 509. The second-order valence-corrected chi connectivity index (χ2v) is 3.44. The summed E-state index contributed by atoms with van der Waals surface area (Å²) >= 11 is 0. The van der Waals surface area contributed by atoms with E-state index in [4.69, 9.17) is 4.42 Å². The van der Waals surface area contributed by atoms with Crippen molar-refractivity contribution in [2.24, 2.45) is 0 Å². The lowest BCUT2D eigenvalue weighted by Crippen LogP contribution is -1.57. The molecule has 0 aromatic carbocycles. The molecule has 0 aliphatic rings. The van der Waals surface area contributed by atoms with E-state index >= 15 is 0 Å². The maximum absolute atomic E-state index is 9.97. The minimum Gasteiger partial charge on any atom is -0.465 e. The first-order valence-electron chi connectivity index (χ1n) is 5.92. The summed E-state index contributed by atoms with van der Waals surface area (Å²) in [5, 5.41) is 0. The highest BCUT2D eigenvalue weighted by atomic mass is 16.3. The first kappa shape index (κ1) is 14.5. The van der Waals surface area contributed by atoms with Crippen LogP contribution in [0.4, 0.5) is 0 Å². The second-order valence-electron chi connectivity index (χ2n) is 3.44. The number of furan rings is 1. The highest BCUT2D eigenvalue weighted by Crippen LogP contribution is 2.01. The summed E-state index contributed by atoms with van der Waals surface area (Å²) in [6.07, 6.45) is 24.5. The molecular formula is C17H16O2. The molecule has 19 heavy (non-hydrogen) atoms. The Morgan fingerprint density at radius 1 is 0.737 bits per heavy atom. The molecule has 0 N–H and O–H groups in total. The number of carbonyl (C=O) groups is 1. The van der Waals surface area contributed by atoms with Crippen LogP contribution < -0.4 is 0 Å². The molecule has 0 saturated heterocycles. The molecule has 96 valence electrons. The van der Waals surface area contributed by atoms with Crippen molar-refractivity contribution >= 4 is 12.4 Å². The first-order chi connectivity index (χ1) is 9.43. The van der Waals surface area contributed by atoms with E-state index in [0.717, 1.165) is 12.0 Å². The van der Waals surface area contributed by atoms with Gasteiger partial charge in [0.2, 0.25) is 0 Å². The van der Waals surface area contributed by atoms with Gasteiger partial charge >= 0.3 is 0 Å². The van der Waals surface area contributed by atoms with Crippen molar-refractivity contribution in [2.45, 2.75) is 0 Å². The third-order valence-corrected chi connectivity index (χ3v) is 1.99. The van der Waals surface area contributed by atoms with Crippen molar-refractivity contribution in [1.29, 1.82) is 0 Å². The van der Waals surface area contributed by atoms with Gasteiger partial charge in [0.05, 0.1) is 6.26 Å². The van der Waals surface area contributed by atoms with E-state index in [2.05, 4.69) is 0 Å². The lowest BCUT2D eigenvalue weighted by atomic mass is 10.3. The molecule has 1 aromatic rings. The van der Waals surface area contributed by atoms with Gasteiger partial charge in [-0.1, -0.05) is 60.8 Å². The molecule has 0 radical (unpaired) electrons. The zero-order valence-corrected chi connectivity index (χ0v) is 10.6. The third-order valence-electron chi connectivity index (χ3n) is 1.99. The van der Waals surface area contributed by atoms with E-state index in [0.29, 0.717) is 0 Å². The van der Waals surface area contributed by atoms with Crippen LogP contribution in [-0.4, -0.2) is 6.29 Å². The van der Waals surface area contributed by atoms with Crippen LogP contribution >= 0.6 is 0 Å². The molecule has 0 atom stereocenters. The number of allylic oxidation sites excluding steroid dienone is 11. The van der Waals surface area contributed by atoms with Crippen LogP contribution in [0.25, 0.3) is 6.08 Å². The SMILES string of the molecule is O=CC=CC=CC=CC=CC=CC=Cc1ccco1. The number of aldehydes is 1. The van der Waals surface area contributed by atoms with Crippen LogP contribution in [0.3, 0.4) is 0 Å². The molecule has 1 aromatic heterocycles. The molecule has 1 rings (SSSR count). The summed E-state index contributed by atoms with van der Waals surface area (Å²) in [4.78, 5) is 9.97. The molecule has 0 bridgehead atoms. The average Bonchev–Trinajstić information content (AvgIpc) is 2.93. The van der Waals surface area contributed by atoms with Gasteiger partial charge < -0.3 is 4.42 Å². The van der Waals surface area contributed by atoms with E-state index in [-0.39, 0.29) is 0 Å². The van der Waals surface area contributed by atoms with Gasteiger partial charge in [0.1, 0.15) is 12.0 Å². The Hall–Kier alpha value is -2.61. The Labute approximate surface area is 113 Å². The third kappa shape index (κ3) is 8.16. The van der Waals surface area contributed by atoms with Gasteiger partial charge in [0, 0.05) is 0 Å². The summed E-state index contributed by atoms with van der Waals surface area (Å²) in [5.41, 5.74) is 0. The van der Waals surface area contributed by atoms with Crippen LogP contribution in [0.15, 0.2) is 89.6 Å². The molecule has 2 heteroatoms. The fourth-order valence-corrected chi connectivity index (χ4v) is 1.16. The Morgan fingerprint density at radius 3 is 1.74 bits per heavy atom. The number of hydrogen-bond donors (Lipinski definition) is 0. The van der Waals surface area contributed by atoms with E-state index in [1.54, 1.807) is 18.4 Å². The molecule has 2 nitrogen and oxygen atoms in total. The Balaban J connectivity index is 2.22. The molecule has 0 unspecified atom stereocenters. The summed E-state index contributed by atoms with van der Waals surface area (Å²) in [7, 11) is 0. The zero-order chi connectivity index (χ0) is 13.6. The summed E-state index contributed by atoms with van der Waals surface area (Å²) in [6, 6.07) is 3.75. The molecular weight excluding hydrogens is 236 g/mol. The quantitative estimate of drug-likeness (QED) is 0.412. The zero-order valence-electron chi connectivity index (χ0n) is 10.6. The van der Waals surface area contributed by atoms with Crippen molar-refractivity contribution in [3.8, 4) is 0 Å². The van der Waals surface area contributed by atoms with Gasteiger partial charge in [-0.3, -0.25) is 4.79 Å². The van der Waals surface area contributed by atoms with E-state index in [1.807, 2.05) is 66.8 Å². The largest absolute Gasteiger partial charge is 0.465 e. The fraction of sp³-hybridized carbons (Fsp3) is 0. The Kier molecular flexibility index (Phi) is 8.02. The molecule has 0 saturated carbocycles. The van der Waals surface area contributed by atoms with Crippen LogP contribution in [0.2, 0.25) is 0 Å². The van der Waals surface area contributed by atoms with Gasteiger partial charge in [-0.2, -0.15) is 0 Å². The van der Waals surface area contributed by atoms with Crippen molar-refractivity contribution in [3.05, 3.63) is 91.0 Å². The molecule has 1 heterocycles. The van der Waals surface area contributed by atoms with Crippen molar-refractivity contribution < 1.29 is 9.21 Å². The van der Waals surface area contributed by atoms with Gasteiger partial charge in [0.25, 0.3) is 0 Å². The number of carbonyl (C=O) groups excluding carboxylic acids is 1. The molecule has 0 fully saturated rings. The summed E-state index contributed by atoms with van der Waals surface area (Å²) in [6.45, 7) is 0. The topological polar surface area (TPSA) is 30.2 Å². The lowest BCUT2D eigenvalue weighted by Gasteiger charge is -1.79. The van der Waals surface area contributed by atoms with Crippen molar-refractivity contribution in [3.63, 3.8) is 0 Å². The van der Waals surface area contributed by atoms with Crippen LogP contribution in [0.5, 0.6) is 0 Å². The van der Waals surface area contributed by atoms with Crippen LogP contribution in [-0.2, 0) is 4.79 Å². The molecule has 0 spiro atoms. The standard InChI is InChI=1S/C17H16O2/c18-15-11-9-7-5-3-1-2-4-6-8-10-13-17-14-12-16-19-17/h1-16H. The van der Waals surface area contributed by atoms with Gasteiger partial charge in [-0.05, 0) is 24.3 Å². The van der Waals surface area contributed by atoms with Crippen molar-refractivity contribution in [1.82, 2.24) is 0 Å². The fourth-order valence-electron chi connectivity index (χ4n) is 1.16. The molecule has 0 aliphatic carbocycles. The molecule has 0 aliphatic heterocycles. The minimum absolute atomic E-state index is 0.745. The van der Waals surface area contributed by atoms with Gasteiger partial charge in [-0.25, -0.2) is 0 Å². The maximum atomic E-state index is 9.97. The van der Waals surface area contributed by atoms with Crippen molar-refractivity contribution in [2.75, 3.05) is 0 Å². The summed E-state index contributed by atoms with van der Waals surface area (Å²) in [5.74, 6) is 0.835. The molecule has 0 amide bonds. The average molecular weight is 252 g/mol. The number of rotatable bonds is 7. The smallest absolute Gasteiger partial charge is 0.142 e. The highest BCUT2D eigenvalue weighted by Gasteiger charge is 1.83.